The number of carbonyl (C=O) groups is 3. The van der Waals surface area contributed by atoms with Crippen molar-refractivity contribution in [3.8, 4) is 0 Å². The molecule has 0 aliphatic carbocycles. The van der Waals surface area contributed by atoms with Gasteiger partial charge in [-0.05, 0) is 23.8 Å². The maximum absolute atomic E-state index is 12.5. The van der Waals surface area contributed by atoms with Crippen LogP contribution in [0.15, 0.2) is 23.1 Å². The zero-order valence-electron chi connectivity index (χ0n) is 11.8. The molecule has 0 aromatic heterocycles. The number of hydrogen-bond donors (Lipinski definition) is 1. The molecule has 6 nitrogen and oxygen atoms in total. The van der Waals surface area contributed by atoms with Gasteiger partial charge in [0.15, 0.2) is 0 Å². The number of rotatable bonds is 5. The van der Waals surface area contributed by atoms with E-state index in [1.165, 1.54) is 12.1 Å². The van der Waals surface area contributed by atoms with Crippen molar-refractivity contribution >= 4 is 75.4 Å². The van der Waals surface area contributed by atoms with E-state index in [0.717, 1.165) is 16.7 Å². The summed E-state index contributed by atoms with van der Waals surface area (Å²) in [5.41, 5.74) is 5.53. The number of primary amides is 1. The fraction of sp³-hybridized carbons (Fsp3) is 0.143. The van der Waals surface area contributed by atoms with Crippen LogP contribution in [0, 0.1) is 0 Å². The van der Waals surface area contributed by atoms with Gasteiger partial charge in [0.05, 0.1) is 23.3 Å². The number of benzene rings is 1. The molecule has 1 aromatic carbocycles. The molecule has 2 N–H and O–H groups in total. The van der Waals surface area contributed by atoms with Crippen molar-refractivity contribution < 1.29 is 19.5 Å². The fourth-order valence-corrected chi connectivity index (χ4v) is 3.79. The van der Waals surface area contributed by atoms with E-state index in [4.69, 9.17) is 41.2 Å². The Morgan fingerprint density at radius 3 is 2.62 bits per heavy atom. The van der Waals surface area contributed by atoms with Crippen molar-refractivity contribution in [2.45, 2.75) is 12.5 Å². The molecule has 10 heteroatoms. The van der Waals surface area contributed by atoms with Crippen LogP contribution < -0.4 is 10.8 Å². The molecule has 1 fully saturated rings. The highest BCUT2D eigenvalue weighted by Gasteiger charge is 2.38. The van der Waals surface area contributed by atoms with Crippen molar-refractivity contribution in [2.24, 2.45) is 5.73 Å². The zero-order valence-corrected chi connectivity index (χ0v) is 15.0. The average molecular weight is 404 g/mol. The lowest BCUT2D eigenvalue weighted by atomic mass is 10.1. The minimum atomic E-state index is -1.61. The van der Waals surface area contributed by atoms with E-state index in [0.29, 0.717) is 15.6 Å². The third-order valence-electron chi connectivity index (χ3n) is 3.05. The lowest BCUT2D eigenvalue weighted by Crippen LogP contribution is -2.51. The smallest absolute Gasteiger partial charge is 0.266 e. The van der Waals surface area contributed by atoms with E-state index in [-0.39, 0.29) is 9.23 Å². The van der Waals surface area contributed by atoms with Crippen molar-refractivity contribution in [1.82, 2.24) is 4.90 Å². The van der Waals surface area contributed by atoms with E-state index in [1.807, 2.05) is 0 Å². The van der Waals surface area contributed by atoms with E-state index in [9.17, 15) is 19.5 Å². The number of amides is 2. The Bertz CT molecular complexity index is 782. The summed E-state index contributed by atoms with van der Waals surface area (Å²) in [4.78, 5) is 35.7. The number of hydrogen-bond acceptors (Lipinski definition) is 6. The first-order valence-corrected chi connectivity index (χ1v) is 8.40. The van der Waals surface area contributed by atoms with Crippen molar-refractivity contribution in [3.63, 3.8) is 0 Å². The Labute approximate surface area is 156 Å². The largest absolute Gasteiger partial charge is 0.548 e. The molecule has 0 spiro atoms. The Kier molecular flexibility index (Phi) is 5.87. The molecule has 1 saturated heterocycles. The summed E-state index contributed by atoms with van der Waals surface area (Å²) in [5.74, 6) is -3.16. The predicted molar refractivity (Wildman–Crippen MR) is 94.1 cm³/mol. The van der Waals surface area contributed by atoms with Crippen molar-refractivity contribution in [3.05, 3.63) is 38.7 Å². The maximum atomic E-state index is 12.5. The average Bonchev–Trinajstić information content (AvgIpc) is 2.74. The molecule has 1 aliphatic heterocycles. The molecule has 1 aliphatic rings. The van der Waals surface area contributed by atoms with Crippen LogP contribution in [0.3, 0.4) is 0 Å². The molecular weight excluding hydrogens is 395 g/mol. The minimum absolute atomic E-state index is 0.00761. The van der Waals surface area contributed by atoms with Gasteiger partial charge in [0.25, 0.3) is 5.91 Å². The lowest BCUT2D eigenvalue weighted by molar-refractivity contribution is -0.310. The summed E-state index contributed by atoms with van der Waals surface area (Å²) in [6.45, 7) is 0. The molecule has 24 heavy (non-hydrogen) atoms. The molecule has 0 bridgehead atoms. The molecule has 1 heterocycles. The number of nitrogens with two attached hydrogens (primary N) is 1. The van der Waals surface area contributed by atoms with Gasteiger partial charge in [-0.2, -0.15) is 0 Å². The van der Waals surface area contributed by atoms with Crippen LogP contribution in [0.25, 0.3) is 6.08 Å². The second kappa shape index (κ2) is 7.52. The van der Waals surface area contributed by atoms with Gasteiger partial charge in [-0.25, -0.2) is 0 Å². The van der Waals surface area contributed by atoms with Gasteiger partial charge in [0.1, 0.15) is 4.32 Å². The summed E-state index contributed by atoms with van der Waals surface area (Å²) in [7, 11) is 0. The van der Waals surface area contributed by atoms with Gasteiger partial charge in [-0.15, -0.1) is 0 Å². The highest BCUT2D eigenvalue weighted by atomic mass is 35.5. The quantitative estimate of drug-likeness (QED) is 0.584. The maximum Gasteiger partial charge on any atom is 0.266 e. The Hall–Kier alpha value is -1.61. The molecule has 1 unspecified atom stereocenters. The van der Waals surface area contributed by atoms with Gasteiger partial charge in [-0.3, -0.25) is 14.5 Å². The lowest BCUT2D eigenvalue weighted by Gasteiger charge is -2.26. The van der Waals surface area contributed by atoms with E-state index in [1.54, 1.807) is 12.1 Å². The number of carbonyl (C=O) groups excluding carboxylic acids is 3. The van der Waals surface area contributed by atoms with Crippen LogP contribution >= 0.6 is 47.2 Å². The van der Waals surface area contributed by atoms with Crippen LogP contribution in [0.1, 0.15) is 12.0 Å². The van der Waals surface area contributed by atoms with Crippen LogP contribution in [0.5, 0.6) is 0 Å². The summed E-state index contributed by atoms with van der Waals surface area (Å²) < 4.78 is -0.00761. The molecule has 2 rings (SSSR count). The number of nitrogens with zero attached hydrogens (tertiary/aromatic N) is 1. The zero-order chi connectivity index (χ0) is 18.0. The molecule has 126 valence electrons. The van der Waals surface area contributed by atoms with Gasteiger partial charge >= 0.3 is 0 Å². The first-order valence-electron chi connectivity index (χ1n) is 6.42. The first-order chi connectivity index (χ1) is 11.2. The van der Waals surface area contributed by atoms with Gasteiger partial charge in [0, 0.05) is 10.0 Å². The van der Waals surface area contributed by atoms with Crippen molar-refractivity contribution in [2.75, 3.05) is 0 Å². The van der Waals surface area contributed by atoms with Crippen LogP contribution in [-0.2, 0) is 14.4 Å². The molecular formula is C14H9Cl2N2O4S2-. The van der Waals surface area contributed by atoms with E-state index < -0.39 is 30.2 Å². The monoisotopic (exact) mass is 403 g/mol. The van der Waals surface area contributed by atoms with E-state index >= 15 is 0 Å². The Morgan fingerprint density at radius 1 is 1.42 bits per heavy atom. The summed E-state index contributed by atoms with van der Waals surface area (Å²) in [6, 6.07) is 3.15. The van der Waals surface area contributed by atoms with Crippen LogP contribution in [-0.4, -0.2) is 33.0 Å². The van der Waals surface area contributed by atoms with Gasteiger partial charge < -0.3 is 15.6 Å². The Balaban J connectivity index is 2.35. The standard InChI is InChI=1S/C14H10Cl2N2O4S2/c15-7-2-1-6(8(16)4-7)3-10-12(20)18(14(23)24-10)9(13(21)22)5-11(17)19/h1-4,9H,5H2,(H2,17,19)(H,21,22)/p-1. The number of thiocarbonyl (C=S) groups is 1. The summed E-state index contributed by atoms with van der Waals surface area (Å²) in [5, 5.41) is 12.0. The topological polar surface area (TPSA) is 104 Å². The molecule has 0 radical (unpaired) electrons. The number of carboxylic acids is 1. The minimum Gasteiger partial charge on any atom is -0.548 e. The van der Waals surface area contributed by atoms with Crippen LogP contribution in [0.4, 0.5) is 0 Å². The van der Waals surface area contributed by atoms with Gasteiger partial charge in [-0.1, -0.05) is 53.2 Å². The van der Waals surface area contributed by atoms with Crippen molar-refractivity contribution in [1.29, 1.82) is 0 Å². The first kappa shape index (κ1) is 18.7. The SMILES string of the molecule is NC(=O)CC(C(=O)[O-])N1C(=O)C(=Cc2ccc(Cl)cc2Cl)SC1=S. The third-order valence-corrected chi connectivity index (χ3v) is 4.94. The fourth-order valence-electron chi connectivity index (χ4n) is 1.98. The number of halogens is 2. The normalized spacial score (nSPS) is 17.4. The summed E-state index contributed by atoms with van der Waals surface area (Å²) in [6.07, 6.45) is 0.873. The Morgan fingerprint density at radius 2 is 2.08 bits per heavy atom. The number of aliphatic carboxylic acids is 1. The molecule has 1 atom stereocenters. The van der Waals surface area contributed by atoms with E-state index in [2.05, 4.69) is 0 Å². The number of carboxylic acid groups (broad SMARTS) is 1. The second-order valence-electron chi connectivity index (χ2n) is 4.72. The van der Waals surface area contributed by atoms with Crippen LogP contribution in [0.2, 0.25) is 10.0 Å². The highest BCUT2D eigenvalue weighted by molar-refractivity contribution is 8.26. The molecule has 2 amide bonds. The second-order valence-corrected chi connectivity index (χ2v) is 7.24. The molecule has 0 saturated carbocycles. The third kappa shape index (κ3) is 4.07. The molecule has 1 aromatic rings. The van der Waals surface area contributed by atoms with Gasteiger partial charge in [0.2, 0.25) is 5.91 Å². The number of thioether (sulfide) groups is 1. The highest BCUT2D eigenvalue weighted by Crippen LogP contribution is 2.35. The summed E-state index contributed by atoms with van der Waals surface area (Å²) >= 11 is 17.8. The predicted octanol–water partition coefficient (Wildman–Crippen LogP) is 1.19.